The number of benzene rings is 1. The number of hydrogen-bond donors (Lipinski definition) is 0. The Hall–Kier alpha value is -1.39. The van der Waals surface area contributed by atoms with Crippen molar-refractivity contribution >= 4 is 11.8 Å². The fraction of sp³-hybridized carbons (Fsp3) is 0.333. The average Bonchev–Trinajstić information content (AvgIpc) is 3.11. The van der Waals surface area contributed by atoms with Gasteiger partial charge in [-0.05, 0) is 25.1 Å². The van der Waals surface area contributed by atoms with Gasteiger partial charge in [-0.15, -0.1) is 11.8 Å². The first-order valence-corrected chi connectivity index (χ1v) is 7.56. The SMILES string of the molecule is CCOc1ccccc1-n1ccc(C2OCCS2)c1. The number of hydrogen-bond acceptors (Lipinski definition) is 3. The molecule has 0 bridgehead atoms. The highest BCUT2D eigenvalue weighted by Crippen LogP contribution is 2.36. The number of thioether (sulfide) groups is 1. The summed E-state index contributed by atoms with van der Waals surface area (Å²) < 4.78 is 13.5. The van der Waals surface area contributed by atoms with E-state index in [9.17, 15) is 0 Å². The van der Waals surface area contributed by atoms with Crippen molar-refractivity contribution in [1.29, 1.82) is 0 Å². The van der Waals surface area contributed by atoms with Gasteiger partial charge in [0.15, 0.2) is 0 Å². The zero-order valence-electron chi connectivity index (χ0n) is 10.9. The van der Waals surface area contributed by atoms with Crippen molar-refractivity contribution in [1.82, 2.24) is 4.57 Å². The first-order chi connectivity index (χ1) is 9.38. The van der Waals surface area contributed by atoms with E-state index in [0.717, 1.165) is 23.8 Å². The molecule has 4 heteroatoms. The molecule has 1 aliphatic heterocycles. The molecule has 0 spiro atoms. The van der Waals surface area contributed by atoms with E-state index >= 15 is 0 Å². The van der Waals surface area contributed by atoms with Gasteiger partial charge < -0.3 is 14.0 Å². The van der Waals surface area contributed by atoms with Crippen LogP contribution in [0.5, 0.6) is 5.75 Å². The summed E-state index contributed by atoms with van der Waals surface area (Å²) >= 11 is 1.85. The molecule has 0 radical (unpaired) electrons. The van der Waals surface area contributed by atoms with Gasteiger partial charge in [-0.25, -0.2) is 0 Å². The molecule has 1 aliphatic rings. The van der Waals surface area contributed by atoms with Crippen molar-refractivity contribution < 1.29 is 9.47 Å². The predicted octanol–water partition coefficient (Wildman–Crippen LogP) is 3.64. The lowest BCUT2D eigenvalue weighted by atomic mass is 10.3. The second-order valence-corrected chi connectivity index (χ2v) is 5.50. The van der Waals surface area contributed by atoms with Crippen molar-refractivity contribution in [3.63, 3.8) is 0 Å². The third-order valence-electron chi connectivity index (χ3n) is 3.05. The standard InChI is InChI=1S/C15H17NO2S/c1-2-17-14-6-4-3-5-13(14)16-8-7-12(11-16)15-18-9-10-19-15/h3-8,11,15H,2,9-10H2,1H3. The van der Waals surface area contributed by atoms with Gasteiger partial charge in [0.2, 0.25) is 0 Å². The third-order valence-corrected chi connectivity index (χ3v) is 4.17. The van der Waals surface area contributed by atoms with E-state index < -0.39 is 0 Å². The summed E-state index contributed by atoms with van der Waals surface area (Å²) in [5, 5.41) is 0. The van der Waals surface area contributed by atoms with Gasteiger partial charge in [-0.2, -0.15) is 0 Å². The summed E-state index contributed by atoms with van der Waals surface area (Å²) in [5.74, 6) is 1.98. The molecule has 1 aromatic carbocycles. The first-order valence-electron chi connectivity index (χ1n) is 6.52. The van der Waals surface area contributed by atoms with Crippen LogP contribution in [-0.4, -0.2) is 23.5 Å². The molecule has 1 atom stereocenters. The second kappa shape index (κ2) is 5.72. The Morgan fingerprint density at radius 3 is 3.05 bits per heavy atom. The van der Waals surface area contributed by atoms with Crippen LogP contribution in [0.15, 0.2) is 42.7 Å². The summed E-state index contributed by atoms with van der Waals surface area (Å²) in [6.07, 6.45) is 4.19. The smallest absolute Gasteiger partial charge is 0.143 e. The quantitative estimate of drug-likeness (QED) is 0.851. The molecule has 3 rings (SSSR count). The third kappa shape index (κ3) is 2.65. The highest BCUT2D eigenvalue weighted by molar-refractivity contribution is 7.99. The lowest BCUT2D eigenvalue weighted by molar-refractivity contribution is 0.145. The van der Waals surface area contributed by atoms with Crippen LogP contribution in [-0.2, 0) is 4.74 Å². The normalized spacial score (nSPS) is 18.7. The average molecular weight is 275 g/mol. The lowest BCUT2D eigenvalue weighted by Crippen LogP contribution is -1.98. The molecule has 0 N–H and O–H groups in total. The Bertz CT molecular complexity index is 547. The van der Waals surface area contributed by atoms with Crippen molar-refractivity contribution in [2.45, 2.75) is 12.4 Å². The molecule has 0 aliphatic carbocycles. The maximum Gasteiger partial charge on any atom is 0.143 e. The number of ether oxygens (including phenoxy) is 2. The van der Waals surface area contributed by atoms with Crippen LogP contribution in [0, 0.1) is 0 Å². The maximum atomic E-state index is 5.68. The van der Waals surface area contributed by atoms with E-state index in [1.54, 1.807) is 0 Å². The van der Waals surface area contributed by atoms with E-state index in [4.69, 9.17) is 9.47 Å². The minimum atomic E-state index is 0.181. The molecule has 1 unspecified atom stereocenters. The van der Waals surface area contributed by atoms with Crippen LogP contribution in [0.4, 0.5) is 0 Å². The zero-order chi connectivity index (χ0) is 13.1. The van der Waals surface area contributed by atoms with Crippen molar-refractivity contribution in [2.75, 3.05) is 19.0 Å². The molecular formula is C15H17NO2S. The molecule has 1 aromatic heterocycles. The maximum absolute atomic E-state index is 5.68. The monoisotopic (exact) mass is 275 g/mol. The van der Waals surface area contributed by atoms with Gasteiger partial charge in [0.05, 0.1) is 18.9 Å². The van der Waals surface area contributed by atoms with E-state index in [-0.39, 0.29) is 5.44 Å². The second-order valence-electron chi connectivity index (χ2n) is 4.33. The minimum absolute atomic E-state index is 0.181. The topological polar surface area (TPSA) is 23.4 Å². The Morgan fingerprint density at radius 1 is 1.37 bits per heavy atom. The molecule has 100 valence electrons. The van der Waals surface area contributed by atoms with Gasteiger partial charge in [-0.1, -0.05) is 12.1 Å². The van der Waals surface area contributed by atoms with Crippen LogP contribution >= 0.6 is 11.8 Å². The van der Waals surface area contributed by atoms with E-state index in [1.807, 2.05) is 36.9 Å². The fourth-order valence-electron chi connectivity index (χ4n) is 2.20. The molecular weight excluding hydrogens is 258 g/mol. The summed E-state index contributed by atoms with van der Waals surface area (Å²) in [6.45, 7) is 3.52. The first kappa shape index (κ1) is 12.6. The van der Waals surface area contributed by atoms with E-state index in [1.165, 1.54) is 5.56 Å². The minimum Gasteiger partial charge on any atom is -0.492 e. The predicted molar refractivity (Wildman–Crippen MR) is 78.1 cm³/mol. The number of rotatable bonds is 4. The van der Waals surface area contributed by atoms with Crippen molar-refractivity contribution in [2.24, 2.45) is 0 Å². The zero-order valence-corrected chi connectivity index (χ0v) is 11.7. The largest absolute Gasteiger partial charge is 0.492 e. The van der Waals surface area contributed by atoms with Crippen LogP contribution in [0.2, 0.25) is 0 Å². The van der Waals surface area contributed by atoms with Crippen molar-refractivity contribution in [3.8, 4) is 11.4 Å². The molecule has 1 fully saturated rings. The van der Waals surface area contributed by atoms with Crippen LogP contribution in [0.1, 0.15) is 17.9 Å². The van der Waals surface area contributed by atoms with Gasteiger partial charge in [-0.3, -0.25) is 0 Å². The molecule has 1 saturated heterocycles. The van der Waals surface area contributed by atoms with Gasteiger partial charge in [0.1, 0.15) is 11.2 Å². The molecule has 19 heavy (non-hydrogen) atoms. The van der Waals surface area contributed by atoms with E-state index in [0.29, 0.717) is 6.61 Å². The van der Waals surface area contributed by atoms with Gasteiger partial charge in [0, 0.05) is 23.7 Å². The Balaban J connectivity index is 1.89. The van der Waals surface area contributed by atoms with Crippen LogP contribution in [0.3, 0.4) is 0 Å². The van der Waals surface area contributed by atoms with Crippen LogP contribution in [0.25, 0.3) is 5.69 Å². The molecule has 2 heterocycles. The van der Waals surface area contributed by atoms with Crippen LogP contribution < -0.4 is 4.74 Å². The number of aromatic nitrogens is 1. The van der Waals surface area contributed by atoms with Crippen molar-refractivity contribution in [3.05, 3.63) is 48.3 Å². The lowest BCUT2D eigenvalue weighted by Gasteiger charge is -2.11. The Kier molecular flexibility index (Phi) is 3.80. The highest BCUT2D eigenvalue weighted by atomic mass is 32.2. The van der Waals surface area contributed by atoms with Gasteiger partial charge in [0.25, 0.3) is 0 Å². The molecule has 3 nitrogen and oxygen atoms in total. The number of nitrogens with zero attached hydrogens (tertiary/aromatic N) is 1. The summed E-state index contributed by atoms with van der Waals surface area (Å²) in [4.78, 5) is 0. The number of para-hydroxylation sites is 2. The molecule has 2 aromatic rings. The summed E-state index contributed by atoms with van der Waals surface area (Å²) in [7, 11) is 0. The molecule has 0 amide bonds. The fourth-order valence-corrected chi connectivity index (χ4v) is 3.13. The van der Waals surface area contributed by atoms with E-state index in [2.05, 4.69) is 29.1 Å². The summed E-state index contributed by atoms with van der Waals surface area (Å²) in [5.41, 5.74) is 2.47. The Labute approximate surface area is 117 Å². The highest BCUT2D eigenvalue weighted by Gasteiger charge is 2.19. The Morgan fingerprint density at radius 2 is 2.26 bits per heavy atom. The van der Waals surface area contributed by atoms with Gasteiger partial charge >= 0.3 is 0 Å². The molecule has 0 saturated carbocycles. The summed E-state index contributed by atoms with van der Waals surface area (Å²) in [6, 6.07) is 10.2.